The molecule has 3 aliphatic heterocycles. The molecule has 1 N–H and O–H groups in total. The lowest BCUT2D eigenvalue weighted by molar-refractivity contribution is -0.150. The zero-order valence-corrected chi connectivity index (χ0v) is 13.5. The number of nitrogens with zero attached hydrogens (tertiary/aromatic N) is 3. The lowest BCUT2D eigenvalue weighted by Gasteiger charge is -2.47. The molecular weight excluding hydrogens is 300 g/mol. The molecule has 3 heterocycles. The Hall–Kier alpha value is -1.83. The molecule has 128 valence electrons. The van der Waals surface area contributed by atoms with Gasteiger partial charge in [0.05, 0.1) is 13.2 Å². The summed E-state index contributed by atoms with van der Waals surface area (Å²) in [5.41, 5.74) is 0. The van der Waals surface area contributed by atoms with Crippen molar-refractivity contribution in [2.75, 3.05) is 45.9 Å². The predicted octanol–water partition coefficient (Wildman–Crippen LogP) is -0.750. The van der Waals surface area contributed by atoms with Crippen molar-refractivity contribution in [3.63, 3.8) is 0 Å². The van der Waals surface area contributed by atoms with Crippen molar-refractivity contribution in [2.24, 2.45) is 0 Å². The van der Waals surface area contributed by atoms with Crippen molar-refractivity contribution < 1.29 is 19.1 Å². The van der Waals surface area contributed by atoms with E-state index < -0.39 is 0 Å². The van der Waals surface area contributed by atoms with Crippen molar-refractivity contribution in [3.8, 4) is 0 Å². The maximum absolute atomic E-state index is 12.0. The van der Waals surface area contributed by atoms with Gasteiger partial charge in [-0.05, 0) is 19.8 Å². The molecule has 0 aromatic rings. The van der Waals surface area contributed by atoms with E-state index in [4.69, 9.17) is 4.74 Å². The fourth-order valence-corrected chi connectivity index (χ4v) is 3.67. The minimum atomic E-state index is -0.368. The van der Waals surface area contributed by atoms with Gasteiger partial charge in [-0.1, -0.05) is 0 Å². The monoisotopic (exact) mass is 324 g/mol. The highest BCUT2D eigenvalue weighted by Gasteiger charge is 2.40. The molecule has 3 saturated heterocycles. The number of rotatable bonds is 2. The average molecular weight is 324 g/mol. The maximum Gasteiger partial charge on any atom is 0.409 e. The standard InChI is InChI=1S/C15H24N4O4/c1-2-23-15(22)17-5-3-11(4-6-17)18-7-8-19-12(10-18)14(21)16-9-13(19)20/h11-12H,2-10H2,1H3,(H,16,21)/t12-/m0/s1. The van der Waals surface area contributed by atoms with Gasteiger partial charge in [-0.3, -0.25) is 14.5 Å². The van der Waals surface area contributed by atoms with Crippen LogP contribution in [0.25, 0.3) is 0 Å². The van der Waals surface area contributed by atoms with Crippen LogP contribution in [0, 0.1) is 0 Å². The first-order valence-corrected chi connectivity index (χ1v) is 8.33. The number of hydrogen-bond donors (Lipinski definition) is 1. The van der Waals surface area contributed by atoms with Crippen LogP contribution in [-0.2, 0) is 14.3 Å². The van der Waals surface area contributed by atoms with Crippen LogP contribution in [0.15, 0.2) is 0 Å². The van der Waals surface area contributed by atoms with Gasteiger partial charge in [0.1, 0.15) is 6.04 Å². The highest BCUT2D eigenvalue weighted by atomic mass is 16.6. The Bertz CT molecular complexity index is 490. The van der Waals surface area contributed by atoms with Crippen LogP contribution in [0.5, 0.6) is 0 Å². The summed E-state index contributed by atoms with van der Waals surface area (Å²) in [6.45, 7) is 5.66. The fraction of sp³-hybridized carbons (Fsp3) is 0.800. The quantitative estimate of drug-likeness (QED) is 0.723. The fourth-order valence-electron chi connectivity index (χ4n) is 3.67. The van der Waals surface area contributed by atoms with Crippen molar-refractivity contribution in [3.05, 3.63) is 0 Å². The van der Waals surface area contributed by atoms with Gasteiger partial charge in [0.2, 0.25) is 11.8 Å². The molecule has 0 radical (unpaired) electrons. The highest BCUT2D eigenvalue weighted by molar-refractivity contribution is 5.95. The molecule has 3 fully saturated rings. The number of piperidine rings is 1. The van der Waals surface area contributed by atoms with Gasteiger partial charge in [-0.2, -0.15) is 0 Å². The third-order valence-corrected chi connectivity index (χ3v) is 4.96. The lowest BCUT2D eigenvalue weighted by Crippen LogP contribution is -2.67. The highest BCUT2D eigenvalue weighted by Crippen LogP contribution is 2.22. The molecule has 8 heteroatoms. The number of ether oxygens (including phenoxy) is 1. The molecule has 1 atom stereocenters. The number of piperazine rings is 2. The minimum Gasteiger partial charge on any atom is -0.450 e. The smallest absolute Gasteiger partial charge is 0.409 e. The van der Waals surface area contributed by atoms with E-state index in [2.05, 4.69) is 10.2 Å². The van der Waals surface area contributed by atoms with E-state index in [1.165, 1.54) is 0 Å². The third-order valence-electron chi connectivity index (χ3n) is 4.96. The van der Waals surface area contributed by atoms with Crippen LogP contribution in [-0.4, -0.2) is 90.6 Å². The summed E-state index contributed by atoms with van der Waals surface area (Å²) in [4.78, 5) is 41.4. The average Bonchev–Trinajstić information content (AvgIpc) is 2.58. The van der Waals surface area contributed by atoms with Crippen molar-refractivity contribution in [1.82, 2.24) is 20.0 Å². The summed E-state index contributed by atoms with van der Waals surface area (Å²) in [6.07, 6.45) is 1.51. The number of likely N-dealkylation sites (tertiary alicyclic amines) is 1. The number of carbonyl (C=O) groups is 3. The summed E-state index contributed by atoms with van der Waals surface area (Å²) in [7, 11) is 0. The lowest BCUT2D eigenvalue weighted by atomic mass is 10.00. The van der Waals surface area contributed by atoms with Crippen LogP contribution in [0.2, 0.25) is 0 Å². The first-order valence-electron chi connectivity index (χ1n) is 8.33. The zero-order chi connectivity index (χ0) is 16.4. The number of amides is 3. The van der Waals surface area contributed by atoms with Gasteiger partial charge in [0, 0.05) is 38.8 Å². The second-order valence-corrected chi connectivity index (χ2v) is 6.23. The molecule has 3 aliphatic rings. The summed E-state index contributed by atoms with van der Waals surface area (Å²) < 4.78 is 5.03. The molecule has 23 heavy (non-hydrogen) atoms. The van der Waals surface area contributed by atoms with Gasteiger partial charge in [-0.25, -0.2) is 4.79 Å². The Morgan fingerprint density at radius 2 is 1.96 bits per heavy atom. The zero-order valence-electron chi connectivity index (χ0n) is 13.5. The van der Waals surface area contributed by atoms with Gasteiger partial charge in [0.15, 0.2) is 0 Å². The van der Waals surface area contributed by atoms with Gasteiger partial charge in [-0.15, -0.1) is 0 Å². The van der Waals surface area contributed by atoms with E-state index in [9.17, 15) is 14.4 Å². The Labute approximate surface area is 135 Å². The molecule has 0 spiro atoms. The number of carbonyl (C=O) groups excluding carboxylic acids is 3. The van der Waals surface area contributed by atoms with Gasteiger partial charge in [0.25, 0.3) is 0 Å². The molecule has 8 nitrogen and oxygen atoms in total. The van der Waals surface area contributed by atoms with E-state index in [0.29, 0.717) is 38.8 Å². The molecule has 3 rings (SSSR count). The number of fused-ring (bicyclic) bond motifs is 1. The van der Waals surface area contributed by atoms with E-state index in [1.807, 2.05) is 0 Å². The normalized spacial score (nSPS) is 26.7. The molecule has 0 unspecified atom stereocenters. The Balaban J connectivity index is 1.54. The van der Waals surface area contributed by atoms with Gasteiger partial charge >= 0.3 is 6.09 Å². The van der Waals surface area contributed by atoms with Crippen LogP contribution in [0.4, 0.5) is 4.79 Å². The topological polar surface area (TPSA) is 82.2 Å². The number of hydrogen-bond acceptors (Lipinski definition) is 5. The first kappa shape index (κ1) is 16.0. The van der Waals surface area contributed by atoms with E-state index in [0.717, 1.165) is 19.4 Å². The molecule has 0 aromatic heterocycles. The SMILES string of the molecule is CCOC(=O)N1CCC(N2CCN3C(=O)CNC(=O)[C@@H]3C2)CC1. The first-order chi connectivity index (χ1) is 11.1. The summed E-state index contributed by atoms with van der Waals surface area (Å²) in [6, 6.07) is -0.0132. The molecule has 0 bridgehead atoms. The van der Waals surface area contributed by atoms with E-state index in [-0.39, 0.29) is 30.5 Å². The number of nitrogens with one attached hydrogen (secondary N) is 1. The van der Waals surface area contributed by atoms with Crippen LogP contribution >= 0.6 is 0 Å². The van der Waals surface area contributed by atoms with E-state index in [1.54, 1.807) is 16.7 Å². The summed E-state index contributed by atoms with van der Waals surface area (Å²) >= 11 is 0. The largest absolute Gasteiger partial charge is 0.450 e. The summed E-state index contributed by atoms with van der Waals surface area (Å²) in [5, 5.41) is 2.66. The van der Waals surface area contributed by atoms with Crippen molar-refractivity contribution >= 4 is 17.9 Å². The Morgan fingerprint density at radius 3 is 2.65 bits per heavy atom. The Morgan fingerprint density at radius 1 is 1.22 bits per heavy atom. The van der Waals surface area contributed by atoms with Gasteiger partial charge < -0.3 is 19.9 Å². The second kappa shape index (κ2) is 6.74. The third kappa shape index (κ3) is 3.26. The summed E-state index contributed by atoms with van der Waals surface area (Å²) in [5.74, 6) is -0.0513. The van der Waals surface area contributed by atoms with Crippen molar-refractivity contribution in [2.45, 2.75) is 31.8 Å². The van der Waals surface area contributed by atoms with Crippen LogP contribution in [0.3, 0.4) is 0 Å². The predicted molar refractivity (Wildman–Crippen MR) is 81.7 cm³/mol. The van der Waals surface area contributed by atoms with Crippen LogP contribution in [0.1, 0.15) is 19.8 Å². The molecule has 0 aromatic carbocycles. The van der Waals surface area contributed by atoms with E-state index >= 15 is 0 Å². The maximum atomic E-state index is 12.0. The molecule has 0 saturated carbocycles. The molecular formula is C15H24N4O4. The Kier molecular flexibility index (Phi) is 4.70. The second-order valence-electron chi connectivity index (χ2n) is 6.23. The minimum absolute atomic E-state index is 0.00591. The molecule has 3 amide bonds. The molecule has 0 aliphatic carbocycles. The van der Waals surface area contributed by atoms with Crippen molar-refractivity contribution in [1.29, 1.82) is 0 Å². The van der Waals surface area contributed by atoms with Crippen LogP contribution < -0.4 is 5.32 Å².